The van der Waals surface area contributed by atoms with Gasteiger partial charge in [-0.2, -0.15) is 0 Å². The lowest BCUT2D eigenvalue weighted by molar-refractivity contribution is 0.0556. The average Bonchev–Trinajstić information content (AvgIpc) is 2.47. The standard InChI is InChI=1S/C16H24N2O2/c1-4-16(5-2)6-8-18(9-7-16)15(20)13-11-17-12(3)10-14(13)19/h10-11H,4-9H2,1-3H3,(H,17,19). The summed E-state index contributed by atoms with van der Waals surface area (Å²) in [5.41, 5.74) is 1.24. The maximum atomic E-state index is 12.4. The Balaban J connectivity index is 2.11. The van der Waals surface area contributed by atoms with Crippen molar-refractivity contribution in [1.82, 2.24) is 9.88 Å². The van der Waals surface area contributed by atoms with Crippen molar-refractivity contribution in [1.29, 1.82) is 0 Å². The SMILES string of the molecule is CCC1(CC)CCN(C(=O)c2c[nH]c(C)cc2=O)CC1. The first-order chi connectivity index (χ1) is 9.51. The van der Waals surface area contributed by atoms with Gasteiger partial charge in [0.25, 0.3) is 5.91 Å². The Hall–Kier alpha value is -1.58. The second kappa shape index (κ2) is 5.81. The van der Waals surface area contributed by atoms with E-state index in [1.165, 1.54) is 6.07 Å². The molecule has 0 aromatic carbocycles. The molecule has 1 amide bonds. The van der Waals surface area contributed by atoms with Gasteiger partial charge in [-0.15, -0.1) is 0 Å². The Morgan fingerprint density at radius 1 is 1.30 bits per heavy atom. The number of carbonyl (C=O) groups excluding carboxylic acids is 1. The van der Waals surface area contributed by atoms with E-state index in [9.17, 15) is 9.59 Å². The van der Waals surface area contributed by atoms with Gasteiger partial charge in [-0.3, -0.25) is 9.59 Å². The Morgan fingerprint density at radius 3 is 2.40 bits per heavy atom. The van der Waals surface area contributed by atoms with Crippen LogP contribution in [0, 0.1) is 12.3 Å². The molecule has 1 saturated heterocycles. The molecule has 1 aromatic heterocycles. The average molecular weight is 276 g/mol. The molecule has 1 aromatic rings. The van der Waals surface area contributed by atoms with E-state index in [1.54, 1.807) is 6.20 Å². The molecule has 2 rings (SSSR count). The summed E-state index contributed by atoms with van der Waals surface area (Å²) in [6, 6.07) is 1.49. The number of nitrogens with one attached hydrogen (secondary N) is 1. The van der Waals surface area contributed by atoms with Crippen LogP contribution in [0.3, 0.4) is 0 Å². The topological polar surface area (TPSA) is 53.2 Å². The van der Waals surface area contributed by atoms with Crippen LogP contribution < -0.4 is 5.43 Å². The minimum absolute atomic E-state index is 0.132. The van der Waals surface area contributed by atoms with Gasteiger partial charge in [-0.1, -0.05) is 26.7 Å². The summed E-state index contributed by atoms with van der Waals surface area (Å²) in [5.74, 6) is -0.132. The molecule has 2 heterocycles. The van der Waals surface area contributed by atoms with E-state index in [0.29, 0.717) is 5.41 Å². The Bertz CT molecular complexity index is 534. The van der Waals surface area contributed by atoms with Crippen LogP contribution in [0.4, 0.5) is 0 Å². The van der Waals surface area contributed by atoms with E-state index in [-0.39, 0.29) is 16.9 Å². The summed E-state index contributed by atoms with van der Waals surface area (Å²) in [6.07, 6.45) is 5.94. The van der Waals surface area contributed by atoms with Crippen LogP contribution in [0.5, 0.6) is 0 Å². The number of amides is 1. The molecule has 0 atom stereocenters. The minimum Gasteiger partial charge on any atom is -0.364 e. The molecule has 0 saturated carbocycles. The normalized spacial score (nSPS) is 18.1. The molecule has 1 fully saturated rings. The van der Waals surface area contributed by atoms with Crippen LogP contribution >= 0.6 is 0 Å². The molecular weight excluding hydrogens is 252 g/mol. The summed E-state index contributed by atoms with van der Waals surface area (Å²) in [7, 11) is 0. The van der Waals surface area contributed by atoms with E-state index in [0.717, 1.165) is 44.5 Å². The summed E-state index contributed by atoms with van der Waals surface area (Å²) in [5, 5.41) is 0. The van der Waals surface area contributed by atoms with Crippen molar-refractivity contribution < 1.29 is 4.79 Å². The van der Waals surface area contributed by atoms with Gasteiger partial charge >= 0.3 is 0 Å². The van der Waals surface area contributed by atoms with Crippen LogP contribution in [0.2, 0.25) is 0 Å². The lowest BCUT2D eigenvalue weighted by atomic mass is 9.74. The van der Waals surface area contributed by atoms with Crippen LogP contribution in [0.25, 0.3) is 0 Å². The van der Waals surface area contributed by atoms with Crippen molar-refractivity contribution in [2.75, 3.05) is 13.1 Å². The molecule has 1 aliphatic heterocycles. The Morgan fingerprint density at radius 2 is 1.90 bits per heavy atom. The second-order valence-electron chi connectivity index (χ2n) is 5.89. The number of aromatic amines is 1. The number of H-pyrrole nitrogens is 1. The molecule has 0 radical (unpaired) electrons. The van der Waals surface area contributed by atoms with Crippen molar-refractivity contribution in [3.8, 4) is 0 Å². The van der Waals surface area contributed by atoms with Gasteiger partial charge < -0.3 is 9.88 Å². The van der Waals surface area contributed by atoms with Gasteiger partial charge in [0.05, 0.1) is 0 Å². The summed E-state index contributed by atoms with van der Waals surface area (Å²) < 4.78 is 0. The number of hydrogen-bond acceptors (Lipinski definition) is 2. The monoisotopic (exact) mass is 276 g/mol. The summed E-state index contributed by atoms with van der Waals surface area (Å²) in [6.45, 7) is 7.78. The van der Waals surface area contributed by atoms with Crippen LogP contribution in [-0.4, -0.2) is 28.9 Å². The van der Waals surface area contributed by atoms with Crippen LogP contribution in [-0.2, 0) is 0 Å². The largest absolute Gasteiger partial charge is 0.364 e. The van der Waals surface area contributed by atoms with E-state index in [4.69, 9.17) is 0 Å². The Labute approximate surface area is 120 Å². The highest BCUT2D eigenvalue weighted by atomic mass is 16.2. The van der Waals surface area contributed by atoms with Crippen molar-refractivity contribution in [2.24, 2.45) is 5.41 Å². The highest BCUT2D eigenvalue weighted by molar-refractivity contribution is 5.93. The number of piperidine rings is 1. The third kappa shape index (κ3) is 2.79. The number of hydrogen-bond donors (Lipinski definition) is 1. The second-order valence-corrected chi connectivity index (χ2v) is 5.89. The van der Waals surface area contributed by atoms with Crippen LogP contribution in [0.15, 0.2) is 17.1 Å². The Kier molecular flexibility index (Phi) is 4.31. The summed E-state index contributed by atoms with van der Waals surface area (Å²) >= 11 is 0. The molecule has 0 bridgehead atoms. The fourth-order valence-corrected chi connectivity index (χ4v) is 3.05. The van der Waals surface area contributed by atoms with Gasteiger partial charge in [0, 0.05) is 31.0 Å². The van der Waals surface area contributed by atoms with E-state index in [1.807, 2.05) is 11.8 Å². The molecule has 1 aliphatic rings. The summed E-state index contributed by atoms with van der Waals surface area (Å²) in [4.78, 5) is 29.1. The highest BCUT2D eigenvalue weighted by Gasteiger charge is 2.33. The molecule has 110 valence electrons. The van der Waals surface area contributed by atoms with Gasteiger partial charge in [0.1, 0.15) is 5.56 Å². The minimum atomic E-state index is -0.186. The highest BCUT2D eigenvalue weighted by Crippen LogP contribution is 2.38. The molecule has 0 spiro atoms. The van der Waals surface area contributed by atoms with Gasteiger partial charge in [0.2, 0.25) is 0 Å². The van der Waals surface area contributed by atoms with Crippen molar-refractivity contribution in [3.05, 3.63) is 33.7 Å². The number of nitrogens with zero attached hydrogens (tertiary/aromatic N) is 1. The molecule has 4 heteroatoms. The maximum absolute atomic E-state index is 12.4. The van der Waals surface area contributed by atoms with Crippen molar-refractivity contribution >= 4 is 5.91 Å². The molecular formula is C16H24N2O2. The van der Waals surface area contributed by atoms with E-state index in [2.05, 4.69) is 18.8 Å². The van der Waals surface area contributed by atoms with Crippen LogP contribution in [0.1, 0.15) is 55.6 Å². The van der Waals surface area contributed by atoms with Gasteiger partial charge in [0.15, 0.2) is 5.43 Å². The first-order valence-corrected chi connectivity index (χ1v) is 7.50. The van der Waals surface area contributed by atoms with Crippen molar-refractivity contribution in [2.45, 2.75) is 46.5 Å². The number of rotatable bonds is 3. The first-order valence-electron chi connectivity index (χ1n) is 7.50. The first kappa shape index (κ1) is 14.8. The number of aryl methyl sites for hydroxylation is 1. The molecule has 20 heavy (non-hydrogen) atoms. The van der Waals surface area contributed by atoms with Gasteiger partial charge in [-0.05, 0) is 25.2 Å². The number of carbonyl (C=O) groups is 1. The number of pyridine rings is 1. The molecule has 4 nitrogen and oxygen atoms in total. The smallest absolute Gasteiger partial charge is 0.259 e. The quantitative estimate of drug-likeness (QED) is 0.923. The van der Waals surface area contributed by atoms with Gasteiger partial charge in [-0.25, -0.2) is 0 Å². The lowest BCUT2D eigenvalue weighted by Gasteiger charge is -2.41. The van der Waals surface area contributed by atoms with E-state index >= 15 is 0 Å². The maximum Gasteiger partial charge on any atom is 0.259 e. The zero-order valence-corrected chi connectivity index (χ0v) is 12.7. The number of likely N-dealkylation sites (tertiary alicyclic amines) is 1. The number of aromatic nitrogens is 1. The predicted octanol–water partition coefficient (Wildman–Crippen LogP) is 2.73. The fourth-order valence-electron chi connectivity index (χ4n) is 3.05. The molecule has 1 N–H and O–H groups in total. The molecule has 0 aliphatic carbocycles. The predicted molar refractivity (Wildman–Crippen MR) is 80.0 cm³/mol. The zero-order valence-electron chi connectivity index (χ0n) is 12.7. The molecule has 0 unspecified atom stereocenters. The third-order valence-electron chi connectivity index (χ3n) is 4.90. The lowest BCUT2D eigenvalue weighted by Crippen LogP contribution is -2.44. The van der Waals surface area contributed by atoms with Crippen molar-refractivity contribution in [3.63, 3.8) is 0 Å². The fraction of sp³-hybridized carbons (Fsp3) is 0.625. The zero-order chi connectivity index (χ0) is 14.8. The third-order valence-corrected chi connectivity index (χ3v) is 4.90. The van der Waals surface area contributed by atoms with E-state index < -0.39 is 0 Å².